The lowest BCUT2D eigenvalue weighted by Crippen LogP contribution is -2.49. The van der Waals surface area contributed by atoms with E-state index in [4.69, 9.17) is 9.47 Å². The average molecular weight is 472 g/mol. The number of nitrogens with one attached hydrogen (secondary N) is 1. The minimum absolute atomic E-state index is 0.00909. The lowest BCUT2D eigenvalue weighted by atomic mass is 9.91. The number of hydrogen-bond acceptors (Lipinski definition) is 5. The van der Waals surface area contributed by atoms with Crippen molar-refractivity contribution in [3.8, 4) is 5.88 Å². The molecule has 1 aliphatic carbocycles. The maximum absolute atomic E-state index is 12.8. The van der Waals surface area contributed by atoms with Gasteiger partial charge in [0.05, 0.1) is 11.5 Å². The average Bonchev–Trinajstić information content (AvgIpc) is 2.74. The molecule has 184 valence electrons. The molecule has 1 aromatic heterocycles. The van der Waals surface area contributed by atoms with Gasteiger partial charge < -0.3 is 19.7 Å². The molecule has 1 N–H and O–H groups in total. The number of aromatic nitrogens is 1. The fourth-order valence-electron chi connectivity index (χ4n) is 4.12. The molecule has 1 aliphatic heterocycles. The van der Waals surface area contributed by atoms with Crippen molar-refractivity contribution in [2.45, 2.75) is 83.2 Å². The number of nitrogens with zero attached hydrogens (tertiary/aromatic N) is 2. The predicted molar refractivity (Wildman–Crippen MR) is 115 cm³/mol. The van der Waals surface area contributed by atoms with E-state index in [0.29, 0.717) is 38.8 Å². The molecule has 0 spiro atoms. The van der Waals surface area contributed by atoms with E-state index in [9.17, 15) is 22.8 Å². The number of carbonyl (C=O) groups excluding carboxylic acids is 2. The van der Waals surface area contributed by atoms with Crippen LogP contribution in [0.25, 0.3) is 0 Å². The third kappa shape index (κ3) is 7.50. The summed E-state index contributed by atoms with van der Waals surface area (Å²) in [5, 5.41) is 3.09. The first-order chi connectivity index (χ1) is 15.4. The number of amides is 2. The first kappa shape index (κ1) is 25.1. The van der Waals surface area contributed by atoms with Crippen LogP contribution in [0.1, 0.15) is 64.9 Å². The number of alkyl halides is 3. The van der Waals surface area contributed by atoms with Crippen LogP contribution in [-0.2, 0) is 15.7 Å². The van der Waals surface area contributed by atoms with Gasteiger partial charge in [-0.3, -0.25) is 4.79 Å². The summed E-state index contributed by atoms with van der Waals surface area (Å²) in [6, 6.07) is 2.20. The molecule has 1 unspecified atom stereocenters. The SMILES string of the molecule is CC(C)(C)OC(=O)N1CCCC(C(=O)NC2CCC(Oc3ccc(C(F)(F)F)cn3)CC2)C1. The smallest absolute Gasteiger partial charge is 0.417 e. The molecule has 0 radical (unpaired) electrons. The van der Waals surface area contributed by atoms with Crippen LogP contribution in [0.4, 0.5) is 18.0 Å². The summed E-state index contributed by atoms with van der Waals surface area (Å²) in [6.07, 6.45) is 0.0234. The fourth-order valence-corrected chi connectivity index (χ4v) is 4.12. The second kappa shape index (κ2) is 10.2. The Morgan fingerprint density at radius 1 is 1.09 bits per heavy atom. The summed E-state index contributed by atoms with van der Waals surface area (Å²) in [5.74, 6) is -0.159. The molecule has 10 heteroatoms. The Balaban J connectivity index is 1.43. The zero-order valence-corrected chi connectivity index (χ0v) is 19.3. The van der Waals surface area contributed by atoms with Crippen molar-refractivity contribution in [1.29, 1.82) is 0 Å². The van der Waals surface area contributed by atoms with Crippen molar-refractivity contribution in [3.05, 3.63) is 23.9 Å². The van der Waals surface area contributed by atoms with Crippen LogP contribution in [-0.4, -0.2) is 52.7 Å². The molecule has 3 rings (SSSR count). The monoisotopic (exact) mass is 471 g/mol. The van der Waals surface area contributed by atoms with Crippen LogP contribution < -0.4 is 10.1 Å². The third-order valence-corrected chi connectivity index (χ3v) is 5.82. The number of rotatable bonds is 4. The van der Waals surface area contributed by atoms with Gasteiger partial charge in [0.15, 0.2) is 0 Å². The van der Waals surface area contributed by atoms with E-state index in [1.807, 2.05) is 20.8 Å². The van der Waals surface area contributed by atoms with E-state index in [-0.39, 0.29) is 29.9 Å². The van der Waals surface area contributed by atoms with Crippen molar-refractivity contribution in [1.82, 2.24) is 15.2 Å². The number of halogens is 3. The maximum atomic E-state index is 12.8. The van der Waals surface area contributed by atoms with Crippen LogP contribution in [0, 0.1) is 5.92 Å². The molecule has 2 amide bonds. The quantitative estimate of drug-likeness (QED) is 0.697. The van der Waals surface area contributed by atoms with Gasteiger partial charge in [0.2, 0.25) is 11.8 Å². The standard InChI is InChI=1S/C23H32F3N3O4/c1-22(2,3)33-21(31)29-12-4-5-15(14-29)20(30)28-17-7-9-18(10-8-17)32-19-11-6-16(13-27-19)23(24,25)26/h6,11,13,15,17-18H,4-5,7-10,12,14H2,1-3H3,(H,28,30). The van der Waals surface area contributed by atoms with Gasteiger partial charge >= 0.3 is 12.3 Å². The highest BCUT2D eigenvalue weighted by Gasteiger charge is 2.33. The molecule has 1 atom stereocenters. The molecule has 33 heavy (non-hydrogen) atoms. The van der Waals surface area contributed by atoms with Gasteiger partial charge in [0.1, 0.15) is 11.7 Å². The van der Waals surface area contributed by atoms with Crippen molar-refractivity contribution in [3.63, 3.8) is 0 Å². The van der Waals surface area contributed by atoms with Gasteiger partial charge in [-0.1, -0.05) is 0 Å². The van der Waals surface area contributed by atoms with Gasteiger partial charge in [-0.05, 0) is 65.4 Å². The topological polar surface area (TPSA) is 80.8 Å². The highest BCUT2D eigenvalue weighted by molar-refractivity contribution is 5.80. The van der Waals surface area contributed by atoms with Crippen molar-refractivity contribution in [2.24, 2.45) is 5.92 Å². The van der Waals surface area contributed by atoms with Crippen molar-refractivity contribution >= 4 is 12.0 Å². The van der Waals surface area contributed by atoms with Crippen LogP contribution in [0.15, 0.2) is 18.3 Å². The highest BCUT2D eigenvalue weighted by Crippen LogP contribution is 2.30. The molecule has 1 aromatic rings. The number of piperidine rings is 1. The van der Waals surface area contributed by atoms with Gasteiger partial charge in [-0.25, -0.2) is 9.78 Å². The Kier molecular flexibility index (Phi) is 7.74. The second-order valence-corrected chi connectivity index (χ2v) is 9.75. The molecule has 0 bridgehead atoms. The molecule has 2 heterocycles. The van der Waals surface area contributed by atoms with Crippen molar-refractivity contribution in [2.75, 3.05) is 13.1 Å². The Morgan fingerprint density at radius 2 is 1.79 bits per heavy atom. The zero-order valence-electron chi connectivity index (χ0n) is 19.3. The molecular weight excluding hydrogens is 439 g/mol. The minimum atomic E-state index is -4.43. The Morgan fingerprint density at radius 3 is 2.36 bits per heavy atom. The number of hydrogen-bond donors (Lipinski definition) is 1. The Bertz CT molecular complexity index is 816. The normalized spacial score (nSPS) is 24.2. The molecular formula is C23H32F3N3O4. The van der Waals surface area contributed by atoms with Gasteiger partial charge in [-0.2, -0.15) is 13.2 Å². The van der Waals surface area contributed by atoms with Gasteiger partial charge in [0.25, 0.3) is 0 Å². The summed E-state index contributed by atoms with van der Waals surface area (Å²) in [6.45, 7) is 6.37. The molecule has 7 nitrogen and oxygen atoms in total. The summed E-state index contributed by atoms with van der Waals surface area (Å²) in [5.41, 5.74) is -1.39. The van der Waals surface area contributed by atoms with Crippen LogP contribution in [0.2, 0.25) is 0 Å². The van der Waals surface area contributed by atoms with E-state index in [1.165, 1.54) is 6.07 Å². The minimum Gasteiger partial charge on any atom is -0.474 e. The maximum Gasteiger partial charge on any atom is 0.417 e. The number of likely N-dealkylation sites (tertiary alicyclic amines) is 1. The Hall–Kier alpha value is -2.52. The zero-order chi connectivity index (χ0) is 24.2. The summed E-state index contributed by atoms with van der Waals surface area (Å²) in [4.78, 5) is 30.5. The number of ether oxygens (including phenoxy) is 2. The molecule has 2 aliphatic rings. The second-order valence-electron chi connectivity index (χ2n) is 9.75. The van der Waals surface area contributed by atoms with Crippen LogP contribution >= 0.6 is 0 Å². The summed E-state index contributed by atoms with van der Waals surface area (Å²) in [7, 11) is 0. The van der Waals surface area contributed by atoms with Crippen molar-refractivity contribution < 1.29 is 32.2 Å². The van der Waals surface area contributed by atoms with Gasteiger partial charge in [-0.15, -0.1) is 0 Å². The van der Waals surface area contributed by atoms with Crippen LogP contribution in [0.5, 0.6) is 5.88 Å². The third-order valence-electron chi connectivity index (χ3n) is 5.82. The largest absolute Gasteiger partial charge is 0.474 e. The molecule has 0 aromatic carbocycles. The van der Waals surface area contributed by atoms with E-state index < -0.39 is 23.4 Å². The van der Waals surface area contributed by atoms with Crippen LogP contribution in [0.3, 0.4) is 0 Å². The van der Waals surface area contributed by atoms with E-state index in [0.717, 1.165) is 25.1 Å². The lowest BCUT2D eigenvalue weighted by molar-refractivity contribution is -0.138. The Labute approximate surface area is 192 Å². The number of carbonyl (C=O) groups is 2. The van der Waals surface area contributed by atoms with E-state index >= 15 is 0 Å². The first-order valence-corrected chi connectivity index (χ1v) is 11.4. The highest BCUT2D eigenvalue weighted by atomic mass is 19.4. The van der Waals surface area contributed by atoms with E-state index in [1.54, 1.807) is 4.90 Å². The number of pyridine rings is 1. The first-order valence-electron chi connectivity index (χ1n) is 11.4. The molecule has 2 fully saturated rings. The van der Waals surface area contributed by atoms with E-state index in [2.05, 4.69) is 10.3 Å². The fraction of sp³-hybridized carbons (Fsp3) is 0.696. The summed E-state index contributed by atoms with van der Waals surface area (Å²) >= 11 is 0. The summed E-state index contributed by atoms with van der Waals surface area (Å²) < 4.78 is 49.1. The van der Waals surface area contributed by atoms with Gasteiger partial charge in [0, 0.05) is 31.4 Å². The predicted octanol–water partition coefficient (Wildman–Crippen LogP) is 4.55. The molecule has 1 saturated carbocycles. The molecule has 1 saturated heterocycles. The lowest BCUT2D eigenvalue weighted by Gasteiger charge is -2.35.